The predicted octanol–water partition coefficient (Wildman–Crippen LogP) is 4.53. The van der Waals surface area contributed by atoms with Gasteiger partial charge in [0.2, 0.25) is 0 Å². The third kappa shape index (κ3) is 4.34. The van der Waals surface area contributed by atoms with Gasteiger partial charge in [0.25, 0.3) is 0 Å². The van der Waals surface area contributed by atoms with Gasteiger partial charge in [-0.2, -0.15) is 13.2 Å². The Bertz CT molecular complexity index is 828. The summed E-state index contributed by atoms with van der Waals surface area (Å²) in [5.74, 6) is 0.856. The van der Waals surface area contributed by atoms with Crippen LogP contribution >= 0.6 is 15.9 Å². The van der Waals surface area contributed by atoms with Crippen LogP contribution in [-0.4, -0.2) is 19.2 Å². The molecule has 3 nitrogen and oxygen atoms in total. The number of hydrogen-bond donors (Lipinski definition) is 0. The summed E-state index contributed by atoms with van der Waals surface area (Å²) in [4.78, 5) is 12.6. The highest BCUT2D eigenvalue weighted by Gasteiger charge is 2.43. The number of methoxy groups -OCH3 is 1. The van der Waals surface area contributed by atoms with Gasteiger partial charge < -0.3 is 4.74 Å². The highest BCUT2D eigenvalue weighted by Crippen LogP contribution is 2.30. The number of para-hydroxylation sites is 1. The molecule has 2 rings (SSSR count). The first-order valence-corrected chi connectivity index (χ1v) is 7.84. The van der Waals surface area contributed by atoms with Crippen molar-refractivity contribution in [1.82, 2.24) is 0 Å². The number of amides is 1. The zero-order chi connectivity index (χ0) is 18.6. The van der Waals surface area contributed by atoms with Gasteiger partial charge in [0.15, 0.2) is 0 Å². The van der Waals surface area contributed by atoms with Gasteiger partial charge >= 0.3 is 12.1 Å². The molecule has 0 saturated heterocycles. The SMILES string of the molecule is C#Cc1ccccc1N(Cc1ccc(OC)cc1Br)C(=O)C(F)(F)F. The maximum Gasteiger partial charge on any atom is 0.471 e. The molecule has 1 amide bonds. The lowest BCUT2D eigenvalue weighted by atomic mass is 10.1. The Hall–Kier alpha value is -2.46. The maximum absolute atomic E-state index is 13.1. The van der Waals surface area contributed by atoms with Gasteiger partial charge in [0.1, 0.15) is 5.75 Å². The molecule has 0 bridgehead atoms. The van der Waals surface area contributed by atoms with Crippen molar-refractivity contribution in [1.29, 1.82) is 0 Å². The lowest BCUT2D eigenvalue weighted by molar-refractivity contribution is -0.170. The summed E-state index contributed by atoms with van der Waals surface area (Å²) in [6.07, 6.45) is 0.337. The van der Waals surface area contributed by atoms with Crippen molar-refractivity contribution in [2.24, 2.45) is 0 Å². The fraction of sp³-hybridized carbons (Fsp3) is 0.167. The molecule has 0 atom stereocenters. The molecule has 0 aliphatic rings. The van der Waals surface area contributed by atoms with Gasteiger partial charge in [-0.25, -0.2) is 0 Å². The first kappa shape index (κ1) is 18.9. The molecule has 0 fully saturated rings. The molecule has 0 aliphatic carbocycles. The van der Waals surface area contributed by atoms with E-state index in [4.69, 9.17) is 11.2 Å². The Labute approximate surface area is 151 Å². The number of alkyl halides is 3. The summed E-state index contributed by atoms with van der Waals surface area (Å²) >= 11 is 3.28. The van der Waals surface area contributed by atoms with E-state index in [1.54, 1.807) is 24.3 Å². The van der Waals surface area contributed by atoms with Crippen molar-refractivity contribution in [2.75, 3.05) is 12.0 Å². The number of terminal acetylenes is 1. The van der Waals surface area contributed by atoms with E-state index in [1.165, 1.54) is 25.3 Å². The van der Waals surface area contributed by atoms with Gasteiger partial charge in [-0.3, -0.25) is 9.69 Å². The highest BCUT2D eigenvalue weighted by molar-refractivity contribution is 9.10. The second kappa shape index (κ2) is 7.62. The van der Waals surface area contributed by atoms with Crippen LogP contribution in [0.2, 0.25) is 0 Å². The molecule has 0 saturated carbocycles. The van der Waals surface area contributed by atoms with E-state index < -0.39 is 12.1 Å². The van der Waals surface area contributed by atoms with Crippen LogP contribution in [0.3, 0.4) is 0 Å². The molecule has 2 aromatic carbocycles. The van der Waals surface area contributed by atoms with Crippen LogP contribution < -0.4 is 9.64 Å². The number of ether oxygens (including phenoxy) is 1. The van der Waals surface area contributed by atoms with E-state index in [9.17, 15) is 18.0 Å². The molecule has 0 heterocycles. The molecular weight excluding hydrogens is 399 g/mol. The minimum Gasteiger partial charge on any atom is -0.497 e. The number of rotatable bonds is 4. The van der Waals surface area contributed by atoms with Crippen LogP contribution in [0, 0.1) is 12.3 Å². The van der Waals surface area contributed by atoms with Crippen molar-refractivity contribution in [3.63, 3.8) is 0 Å². The van der Waals surface area contributed by atoms with Crippen molar-refractivity contribution in [3.05, 3.63) is 58.1 Å². The number of halogens is 4. The molecule has 0 aromatic heterocycles. The Balaban J connectivity index is 2.50. The Morgan fingerprint density at radius 3 is 2.52 bits per heavy atom. The van der Waals surface area contributed by atoms with E-state index in [-0.39, 0.29) is 17.8 Å². The average molecular weight is 412 g/mol. The Morgan fingerprint density at radius 1 is 1.28 bits per heavy atom. The molecule has 0 aliphatic heterocycles. The minimum atomic E-state index is -5.03. The van der Waals surface area contributed by atoms with Crippen molar-refractivity contribution in [3.8, 4) is 18.1 Å². The summed E-state index contributed by atoms with van der Waals surface area (Å²) < 4.78 is 44.8. The summed E-state index contributed by atoms with van der Waals surface area (Å²) in [6, 6.07) is 10.8. The molecule has 0 spiro atoms. The summed E-state index contributed by atoms with van der Waals surface area (Å²) in [7, 11) is 1.48. The second-order valence-electron chi connectivity index (χ2n) is 5.01. The van der Waals surface area contributed by atoms with Crippen molar-refractivity contribution < 1.29 is 22.7 Å². The maximum atomic E-state index is 13.1. The number of carbonyl (C=O) groups is 1. The zero-order valence-electron chi connectivity index (χ0n) is 13.1. The van der Waals surface area contributed by atoms with Gasteiger partial charge in [-0.05, 0) is 29.8 Å². The van der Waals surface area contributed by atoms with Crippen molar-refractivity contribution in [2.45, 2.75) is 12.7 Å². The normalized spacial score (nSPS) is 10.9. The third-order valence-electron chi connectivity index (χ3n) is 3.43. The zero-order valence-corrected chi connectivity index (χ0v) is 14.7. The number of carbonyl (C=O) groups excluding carboxylic acids is 1. The largest absolute Gasteiger partial charge is 0.497 e. The Kier molecular flexibility index (Phi) is 5.75. The predicted molar refractivity (Wildman–Crippen MR) is 92.3 cm³/mol. The first-order chi connectivity index (χ1) is 11.8. The lowest BCUT2D eigenvalue weighted by Gasteiger charge is -2.25. The molecule has 0 N–H and O–H groups in total. The average Bonchev–Trinajstić information content (AvgIpc) is 2.59. The van der Waals surface area contributed by atoms with Crippen LogP contribution in [-0.2, 0) is 11.3 Å². The highest BCUT2D eigenvalue weighted by atomic mass is 79.9. The molecule has 130 valence electrons. The van der Waals surface area contributed by atoms with Gasteiger partial charge in [-0.15, -0.1) is 6.42 Å². The molecule has 7 heteroatoms. The van der Waals surface area contributed by atoms with E-state index in [2.05, 4.69) is 21.9 Å². The molecule has 0 unspecified atom stereocenters. The van der Waals surface area contributed by atoms with Crippen molar-refractivity contribution >= 4 is 27.5 Å². The third-order valence-corrected chi connectivity index (χ3v) is 4.16. The fourth-order valence-electron chi connectivity index (χ4n) is 2.20. The van der Waals surface area contributed by atoms with Gasteiger partial charge in [0.05, 0.1) is 19.3 Å². The van der Waals surface area contributed by atoms with E-state index in [1.807, 2.05) is 0 Å². The van der Waals surface area contributed by atoms with E-state index in [0.717, 1.165) is 0 Å². The van der Waals surface area contributed by atoms with E-state index in [0.29, 0.717) is 20.7 Å². The summed E-state index contributed by atoms with van der Waals surface area (Å²) in [6.45, 7) is -0.304. The smallest absolute Gasteiger partial charge is 0.471 e. The van der Waals surface area contributed by atoms with Crippen LogP contribution in [0.5, 0.6) is 5.75 Å². The number of anilines is 1. The summed E-state index contributed by atoms with van der Waals surface area (Å²) in [5.41, 5.74) is 0.699. The minimum absolute atomic E-state index is 0.0232. The molecular formula is C18H13BrF3NO2. The monoisotopic (exact) mass is 411 g/mol. The summed E-state index contributed by atoms with van der Waals surface area (Å²) in [5, 5.41) is 0. The standard InChI is InChI=1S/C18H13BrF3NO2/c1-3-12-6-4-5-7-16(12)23(17(24)18(20,21)22)11-13-8-9-14(25-2)10-15(13)19/h1,4-10H,11H2,2H3. The second-order valence-corrected chi connectivity index (χ2v) is 5.86. The molecule has 25 heavy (non-hydrogen) atoms. The molecule has 0 radical (unpaired) electrons. The van der Waals surface area contributed by atoms with Gasteiger partial charge in [0, 0.05) is 10.0 Å². The first-order valence-electron chi connectivity index (χ1n) is 7.04. The van der Waals surface area contributed by atoms with Gasteiger partial charge in [-0.1, -0.05) is 40.0 Å². The van der Waals surface area contributed by atoms with Crippen LogP contribution in [0.1, 0.15) is 11.1 Å². The number of nitrogens with zero attached hydrogens (tertiary/aromatic N) is 1. The molecule has 2 aromatic rings. The number of benzene rings is 2. The fourth-order valence-corrected chi connectivity index (χ4v) is 2.69. The topological polar surface area (TPSA) is 29.5 Å². The quantitative estimate of drug-likeness (QED) is 0.691. The lowest BCUT2D eigenvalue weighted by Crippen LogP contribution is -2.41. The van der Waals surface area contributed by atoms with E-state index >= 15 is 0 Å². The Morgan fingerprint density at radius 2 is 1.96 bits per heavy atom. The van der Waals surface area contributed by atoms with Crippen LogP contribution in [0.15, 0.2) is 46.9 Å². The van der Waals surface area contributed by atoms with Crippen LogP contribution in [0.4, 0.5) is 18.9 Å². The number of hydrogen-bond acceptors (Lipinski definition) is 2. The van der Waals surface area contributed by atoms with Crippen LogP contribution in [0.25, 0.3) is 0 Å².